The van der Waals surface area contributed by atoms with Gasteiger partial charge in [0.25, 0.3) is 5.56 Å². The Kier molecular flexibility index (Phi) is 7.11. The van der Waals surface area contributed by atoms with Crippen LogP contribution in [0.1, 0.15) is 36.8 Å². The zero-order valence-electron chi connectivity index (χ0n) is 20.4. The molecule has 1 aliphatic carbocycles. The minimum absolute atomic E-state index is 0.0156. The number of nitrogens with zero attached hydrogens (tertiary/aromatic N) is 4. The lowest BCUT2D eigenvalue weighted by Crippen LogP contribution is -2.43. The highest BCUT2D eigenvalue weighted by Gasteiger charge is 2.26. The van der Waals surface area contributed by atoms with E-state index in [-0.39, 0.29) is 23.3 Å². The monoisotopic (exact) mass is 550 g/mol. The van der Waals surface area contributed by atoms with Crippen LogP contribution in [0.4, 0.5) is 5.95 Å². The third-order valence-electron chi connectivity index (χ3n) is 7.12. The Balaban J connectivity index is 1.63. The lowest BCUT2D eigenvalue weighted by atomic mass is 9.91. The molecule has 1 saturated carbocycles. The summed E-state index contributed by atoms with van der Waals surface area (Å²) >= 11 is 3.64. The second kappa shape index (κ2) is 10.4. The van der Waals surface area contributed by atoms with Gasteiger partial charge < -0.3 is 11.1 Å². The van der Waals surface area contributed by atoms with Crippen LogP contribution in [-0.2, 0) is 26.6 Å². The molecule has 8 nitrogen and oxygen atoms in total. The Morgan fingerprint density at radius 1 is 1.03 bits per heavy atom. The summed E-state index contributed by atoms with van der Waals surface area (Å²) in [6.45, 7) is 0.719. The molecule has 1 aliphatic rings. The number of hydrogen-bond acceptors (Lipinski definition) is 5. The number of imidazole rings is 1. The Labute approximate surface area is 217 Å². The van der Waals surface area contributed by atoms with E-state index in [1.807, 2.05) is 59.2 Å². The maximum atomic E-state index is 13.8. The fourth-order valence-electron chi connectivity index (χ4n) is 5.02. The van der Waals surface area contributed by atoms with E-state index in [9.17, 15) is 9.59 Å². The standard InChI is InChI=1S/C27H31BrN6O2/c1-32-24-23(25(35)33(27(32)36)16-15-18-9-3-2-4-10-18)34(17-19-11-5-6-12-20(19)28)26(31-24)30-22-14-8-7-13-21(22)29/h2-6,9-12,21-22H,7-8,13-17,29H2,1H3,(H,30,31). The zero-order chi connectivity index (χ0) is 25.2. The molecular weight excluding hydrogens is 520 g/mol. The molecule has 2 aromatic heterocycles. The van der Waals surface area contributed by atoms with Gasteiger partial charge in [-0.3, -0.25) is 18.5 Å². The number of fused-ring (bicyclic) bond motifs is 1. The van der Waals surface area contributed by atoms with E-state index in [1.165, 1.54) is 9.13 Å². The minimum Gasteiger partial charge on any atom is -0.351 e. The highest BCUT2D eigenvalue weighted by Crippen LogP contribution is 2.25. The lowest BCUT2D eigenvalue weighted by molar-refractivity contribution is 0.401. The molecule has 4 aromatic rings. The zero-order valence-corrected chi connectivity index (χ0v) is 21.9. The van der Waals surface area contributed by atoms with Crippen LogP contribution in [0.2, 0.25) is 0 Å². The van der Waals surface area contributed by atoms with Crippen LogP contribution >= 0.6 is 15.9 Å². The molecule has 0 aliphatic heterocycles. The van der Waals surface area contributed by atoms with Gasteiger partial charge in [0.1, 0.15) is 0 Å². The number of benzene rings is 2. The van der Waals surface area contributed by atoms with E-state index in [0.29, 0.717) is 36.6 Å². The number of hydrogen-bond donors (Lipinski definition) is 2. The molecule has 0 radical (unpaired) electrons. The molecule has 36 heavy (non-hydrogen) atoms. The second-order valence-corrected chi connectivity index (χ2v) is 10.4. The van der Waals surface area contributed by atoms with Crippen LogP contribution in [0, 0.1) is 0 Å². The number of aromatic nitrogens is 4. The van der Waals surface area contributed by atoms with Gasteiger partial charge in [0.15, 0.2) is 11.2 Å². The van der Waals surface area contributed by atoms with Gasteiger partial charge in [0.2, 0.25) is 5.95 Å². The minimum atomic E-state index is -0.366. The first-order valence-electron chi connectivity index (χ1n) is 12.4. The van der Waals surface area contributed by atoms with Crippen LogP contribution in [0.15, 0.2) is 68.7 Å². The van der Waals surface area contributed by atoms with Crippen molar-refractivity contribution in [1.29, 1.82) is 0 Å². The van der Waals surface area contributed by atoms with Gasteiger partial charge in [-0.15, -0.1) is 0 Å². The van der Waals surface area contributed by atoms with E-state index in [4.69, 9.17) is 10.7 Å². The van der Waals surface area contributed by atoms with Gasteiger partial charge in [0, 0.05) is 30.1 Å². The summed E-state index contributed by atoms with van der Waals surface area (Å²) in [4.78, 5) is 31.8. The van der Waals surface area contributed by atoms with Crippen LogP contribution in [0.3, 0.4) is 0 Å². The normalized spacial score (nSPS) is 18.0. The van der Waals surface area contributed by atoms with Crippen molar-refractivity contribution in [3.8, 4) is 0 Å². The molecule has 3 N–H and O–H groups in total. The summed E-state index contributed by atoms with van der Waals surface area (Å²) in [5.41, 5.74) is 8.59. The SMILES string of the molecule is Cn1c(=O)n(CCc2ccccc2)c(=O)c2c1nc(NC1CCCCC1N)n2Cc1ccccc1Br. The summed E-state index contributed by atoms with van der Waals surface area (Å²) in [5.74, 6) is 0.566. The fraction of sp³-hybridized carbons (Fsp3) is 0.370. The van der Waals surface area contributed by atoms with Crippen LogP contribution < -0.4 is 22.3 Å². The van der Waals surface area contributed by atoms with Crippen molar-refractivity contribution in [2.45, 2.75) is 57.3 Å². The van der Waals surface area contributed by atoms with E-state index in [2.05, 4.69) is 21.2 Å². The maximum Gasteiger partial charge on any atom is 0.332 e. The molecular formula is C27H31BrN6O2. The second-order valence-electron chi connectivity index (χ2n) is 9.52. The lowest BCUT2D eigenvalue weighted by Gasteiger charge is -2.29. The molecule has 0 spiro atoms. The molecule has 188 valence electrons. The van der Waals surface area contributed by atoms with E-state index >= 15 is 0 Å². The van der Waals surface area contributed by atoms with Crippen molar-refractivity contribution in [3.05, 3.63) is 91.0 Å². The molecule has 2 aromatic carbocycles. The Bertz CT molecular complexity index is 1490. The summed E-state index contributed by atoms with van der Waals surface area (Å²) < 4.78 is 5.65. The van der Waals surface area contributed by atoms with E-state index < -0.39 is 0 Å². The number of anilines is 1. The number of aryl methyl sites for hydroxylation is 2. The van der Waals surface area contributed by atoms with E-state index in [0.717, 1.165) is 41.3 Å². The van der Waals surface area contributed by atoms with Gasteiger partial charge >= 0.3 is 5.69 Å². The smallest absolute Gasteiger partial charge is 0.332 e. The topological polar surface area (TPSA) is 99.9 Å². The molecule has 2 atom stereocenters. The van der Waals surface area contributed by atoms with Crippen LogP contribution in [0.5, 0.6) is 0 Å². The average molecular weight is 551 g/mol. The number of rotatable bonds is 7. The quantitative estimate of drug-likeness (QED) is 0.366. The Morgan fingerprint density at radius 3 is 2.50 bits per heavy atom. The van der Waals surface area contributed by atoms with Gasteiger partial charge in [-0.05, 0) is 36.5 Å². The fourth-order valence-corrected chi connectivity index (χ4v) is 5.43. The molecule has 5 rings (SSSR count). The van der Waals surface area contributed by atoms with Gasteiger partial charge in [-0.25, -0.2) is 4.79 Å². The number of nitrogens with one attached hydrogen (secondary N) is 1. The van der Waals surface area contributed by atoms with E-state index in [1.54, 1.807) is 7.05 Å². The Hall–Kier alpha value is -3.17. The number of halogens is 1. The third kappa shape index (κ3) is 4.77. The summed E-state index contributed by atoms with van der Waals surface area (Å²) in [6, 6.07) is 17.9. The summed E-state index contributed by atoms with van der Waals surface area (Å²) in [5, 5.41) is 3.53. The van der Waals surface area contributed by atoms with Crippen molar-refractivity contribution in [2.24, 2.45) is 12.8 Å². The summed E-state index contributed by atoms with van der Waals surface area (Å²) in [6.07, 6.45) is 4.70. The first kappa shape index (κ1) is 24.5. The van der Waals surface area contributed by atoms with Gasteiger partial charge in [-0.2, -0.15) is 4.98 Å². The molecule has 2 heterocycles. The third-order valence-corrected chi connectivity index (χ3v) is 7.89. The molecule has 1 fully saturated rings. The van der Waals surface area contributed by atoms with Crippen molar-refractivity contribution in [3.63, 3.8) is 0 Å². The van der Waals surface area contributed by atoms with Crippen LogP contribution in [0.25, 0.3) is 11.2 Å². The largest absolute Gasteiger partial charge is 0.351 e. The van der Waals surface area contributed by atoms with Crippen LogP contribution in [-0.4, -0.2) is 30.8 Å². The van der Waals surface area contributed by atoms with Crippen molar-refractivity contribution < 1.29 is 0 Å². The predicted molar refractivity (Wildman–Crippen MR) is 146 cm³/mol. The van der Waals surface area contributed by atoms with Crippen molar-refractivity contribution >= 4 is 33.0 Å². The highest BCUT2D eigenvalue weighted by molar-refractivity contribution is 9.10. The molecule has 9 heteroatoms. The molecule has 2 unspecified atom stereocenters. The van der Waals surface area contributed by atoms with Gasteiger partial charge in [-0.1, -0.05) is 77.3 Å². The first-order chi connectivity index (χ1) is 17.4. The number of nitrogens with two attached hydrogens (primary N) is 1. The Morgan fingerprint density at radius 2 is 1.75 bits per heavy atom. The van der Waals surface area contributed by atoms with Gasteiger partial charge in [0.05, 0.1) is 6.54 Å². The molecule has 0 bridgehead atoms. The average Bonchev–Trinajstić information content (AvgIpc) is 3.24. The van der Waals surface area contributed by atoms with Crippen molar-refractivity contribution in [1.82, 2.24) is 18.7 Å². The molecule has 0 saturated heterocycles. The highest BCUT2D eigenvalue weighted by atomic mass is 79.9. The maximum absolute atomic E-state index is 13.8. The summed E-state index contributed by atoms with van der Waals surface area (Å²) in [7, 11) is 1.68. The molecule has 0 amide bonds. The first-order valence-corrected chi connectivity index (χ1v) is 13.2. The van der Waals surface area contributed by atoms with Crippen molar-refractivity contribution in [2.75, 3.05) is 5.32 Å². The predicted octanol–water partition coefficient (Wildman–Crippen LogP) is 3.63.